The second-order valence-electron chi connectivity index (χ2n) is 5.22. The van der Waals surface area contributed by atoms with Gasteiger partial charge in [-0.15, -0.1) is 0 Å². The van der Waals surface area contributed by atoms with Gasteiger partial charge >= 0.3 is 6.03 Å². The van der Waals surface area contributed by atoms with Crippen LogP contribution >= 0.6 is 0 Å². The van der Waals surface area contributed by atoms with E-state index in [-0.39, 0.29) is 18.0 Å². The van der Waals surface area contributed by atoms with Crippen molar-refractivity contribution in [1.29, 1.82) is 0 Å². The first-order chi connectivity index (χ1) is 8.54. The average Bonchev–Trinajstić information content (AvgIpc) is 2.51. The second-order valence-corrected chi connectivity index (χ2v) is 5.22. The van der Waals surface area contributed by atoms with Gasteiger partial charge in [0.15, 0.2) is 0 Å². The fraction of sp³-hybridized carbons (Fsp3) is 0.846. The maximum Gasteiger partial charge on any atom is 0.315 e. The molecule has 0 saturated carbocycles. The molecule has 1 fully saturated rings. The molecule has 5 nitrogen and oxygen atoms in total. The summed E-state index contributed by atoms with van der Waals surface area (Å²) in [6, 6.07) is -0.478. The van der Waals surface area contributed by atoms with Gasteiger partial charge in [0.25, 0.3) is 0 Å². The molecule has 0 radical (unpaired) electrons. The van der Waals surface area contributed by atoms with Crippen molar-refractivity contribution in [3.63, 3.8) is 0 Å². The number of hydrogen-bond donors (Lipinski definition) is 3. The maximum absolute atomic E-state index is 11.8. The molecule has 0 bridgehead atoms. The summed E-state index contributed by atoms with van der Waals surface area (Å²) in [5, 5.41) is 8.50. The first kappa shape index (κ1) is 14.8. The highest BCUT2D eigenvalue weighted by atomic mass is 16.2. The molecule has 2 atom stereocenters. The first-order valence-electron chi connectivity index (χ1n) is 6.89. The molecule has 1 heterocycles. The number of amides is 3. The van der Waals surface area contributed by atoms with Gasteiger partial charge in [0.2, 0.25) is 5.91 Å². The molecule has 3 N–H and O–H groups in total. The van der Waals surface area contributed by atoms with Crippen LogP contribution in [-0.2, 0) is 4.79 Å². The highest BCUT2D eigenvalue weighted by Crippen LogP contribution is 2.07. The molecule has 2 unspecified atom stereocenters. The van der Waals surface area contributed by atoms with Gasteiger partial charge in [0, 0.05) is 12.6 Å². The Morgan fingerprint density at radius 1 is 1.44 bits per heavy atom. The molecule has 1 rings (SSSR count). The van der Waals surface area contributed by atoms with Gasteiger partial charge in [-0.25, -0.2) is 4.79 Å². The van der Waals surface area contributed by atoms with Gasteiger partial charge in [0.05, 0.1) is 0 Å². The molecule has 1 saturated heterocycles. The predicted molar refractivity (Wildman–Crippen MR) is 71.2 cm³/mol. The van der Waals surface area contributed by atoms with Gasteiger partial charge in [-0.2, -0.15) is 0 Å². The molecule has 0 aliphatic carbocycles. The zero-order valence-electron chi connectivity index (χ0n) is 11.6. The van der Waals surface area contributed by atoms with Crippen LogP contribution in [0.25, 0.3) is 0 Å². The van der Waals surface area contributed by atoms with E-state index >= 15 is 0 Å². The molecule has 0 spiro atoms. The second kappa shape index (κ2) is 7.24. The Labute approximate surface area is 109 Å². The number of hydrogen-bond acceptors (Lipinski definition) is 2. The van der Waals surface area contributed by atoms with Gasteiger partial charge < -0.3 is 16.0 Å². The highest BCUT2D eigenvalue weighted by Gasteiger charge is 2.23. The van der Waals surface area contributed by atoms with Crippen LogP contribution in [0.3, 0.4) is 0 Å². The molecule has 0 aromatic carbocycles. The van der Waals surface area contributed by atoms with Crippen LogP contribution in [-0.4, -0.2) is 30.6 Å². The van der Waals surface area contributed by atoms with E-state index in [0.29, 0.717) is 12.5 Å². The summed E-state index contributed by atoms with van der Waals surface area (Å²) in [5.41, 5.74) is 0. The SMILES string of the molecule is CCC(NC(=O)NC1CCCCNC1=O)C(C)C. The number of nitrogens with one attached hydrogen (secondary N) is 3. The molecule has 104 valence electrons. The van der Waals surface area contributed by atoms with E-state index in [1.165, 1.54) is 0 Å². The predicted octanol–water partition coefficient (Wildman–Crippen LogP) is 1.39. The summed E-state index contributed by atoms with van der Waals surface area (Å²) < 4.78 is 0. The molecular formula is C13H25N3O2. The van der Waals surface area contributed by atoms with E-state index < -0.39 is 6.04 Å². The first-order valence-corrected chi connectivity index (χ1v) is 6.89. The monoisotopic (exact) mass is 255 g/mol. The van der Waals surface area contributed by atoms with Gasteiger partial charge in [-0.3, -0.25) is 4.79 Å². The van der Waals surface area contributed by atoms with Crippen molar-refractivity contribution < 1.29 is 9.59 Å². The van der Waals surface area contributed by atoms with Crippen molar-refractivity contribution in [3.8, 4) is 0 Å². The van der Waals surface area contributed by atoms with Gasteiger partial charge in [0.1, 0.15) is 6.04 Å². The molecule has 18 heavy (non-hydrogen) atoms. The lowest BCUT2D eigenvalue weighted by Gasteiger charge is -2.23. The quantitative estimate of drug-likeness (QED) is 0.710. The number of carbonyl (C=O) groups is 2. The minimum Gasteiger partial charge on any atom is -0.354 e. The minimum absolute atomic E-state index is 0.0692. The summed E-state index contributed by atoms with van der Waals surface area (Å²) >= 11 is 0. The van der Waals surface area contributed by atoms with Crippen molar-refractivity contribution in [2.24, 2.45) is 5.92 Å². The Morgan fingerprint density at radius 2 is 2.17 bits per heavy atom. The van der Waals surface area contributed by atoms with Gasteiger partial charge in [-0.05, 0) is 31.6 Å². The van der Waals surface area contributed by atoms with Gasteiger partial charge in [-0.1, -0.05) is 20.8 Å². The standard InChI is InChI=1S/C13H25N3O2/c1-4-10(9(2)3)15-13(18)16-11-7-5-6-8-14-12(11)17/h9-11H,4-8H2,1-3H3,(H,14,17)(H2,15,16,18). The minimum atomic E-state index is -0.392. The summed E-state index contributed by atoms with van der Waals surface area (Å²) in [6.45, 7) is 6.91. The van der Waals surface area contributed by atoms with Crippen LogP contribution in [0.15, 0.2) is 0 Å². The third-order valence-corrected chi connectivity index (χ3v) is 3.40. The lowest BCUT2D eigenvalue weighted by molar-refractivity contribution is -0.122. The molecule has 0 aromatic heterocycles. The lowest BCUT2D eigenvalue weighted by Crippen LogP contribution is -2.52. The summed E-state index contributed by atoms with van der Waals surface area (Å²) in [6.07, 6.45) is 3.56. The molecule has 1 aliphatic rings. The lowest BCUT2D eigenvalue weighted by atomic mass is 10.0. The van der Waals surface area contributed by atoms with Crippen LogP contribution in [0.5, 0.6) is 0 Å². The van der Waals surface area contributed by atoms with Crippen LogP contribution in [0.2, 0.25) is 0 Å². The Hall–Kier alpha value is -1.26. The van der Waals surface area contributed by atoms with E-state index in [9.17, 15) is 9.59 Å². The van der Waals surface area contributed by atoms with E-state index in [4.69, 9.17) is 0 Å². The fourth-order valence-corrected chi connectivity index (χ4v) is 2.19. The van der Waals surface area contributed by atoms with Crippen LogP contribution in [0.4, 0.5) is 4.79 Å². The Kier molecular flexibility index (Phi) is 5.95. The Bertz CT molecular complexity index is 292. The summed E-state index contributed by atoms with van der Waals surface area (Å²) in [5.74, 6) is 0.323. The average molecular weight is 255 g/mol. The zero-order chi connectivity index (χ0) is 13.5. The third kappa shape index (κ3) is 4.55. The number of carbonyl (C=O) groups excluding carboxylic acids is 2. The smallest absolute Gasteiger partial charge is 0.315 e. The van der Waals surface area contributed by atoms with E-state index in [0.717, 1.165) is 25.7 Å². The summed E-state index contributed by atoms with van der Waals surface area (Å²) in [4.78, 5) is 23.5. The van der Waals surface area contributed by atoms with E-state index in [1.54, 1.807) is 0 Å². The summed E-state index contributed by atoms with van der Waals surface area (Å²) in [7, 11) is 0. The molecule has 5 heteroatoms. The largest absolute Gasteiger partial charge is 0.354 e. The molecular weight excluding hydrogens is 230 g/mol. The molecule has 3 amide bonds. The van der Waals surface area contributed by atoms with Crippen molar-refractivity contribution in [3.05, 3.63) is 0 Å². The van der Waals surface area contributed by atoms with E-state index in [1.807, 2.05) is 6.92 Å². The van der Waals surface area contributed by atoms with Crippen LogP contribution < -0.4 is 16.0 Å². The van der Waals surface area contributed by atoms with Crippen LogP contribution in [0.1, 0.15) is 46.5 Å². The van der Waals surface area contributed by atoms with Crippen molar-refractivity contribution >= 4 is 11.9 Å². The van der Waals surface area contributed by atoms with E-state index in [2.05, 4.69) is 29.8 Å². The zero-order valence-corrected chi connectivity index (χ0v) is 11.6. The van der Waals surface area contributed by atoms with Crippen LogP contribution in [0, 0.1) is 5.92 Å². The van der Waals surface area contributed by atoms with Crippen molar-refractivity contribution in [1.82, 2.24) is 16.0 Å². The number of urea groups is 1. The fourth-order valence-electron chi connectivity index (χ4n) is 2.19. The number of rotatable bonds is 4. The van der Waals surface area contributed by atoms with Crippen molar-refractivity contribution in [2.45, 2.75) is 58.5 Å². The molecule has 0 aromatic rings. The maximum atomic E-state index is 11.8. The third-order valence-electron chi connectivity index (χ3n) is 3.40. The molecule has 1 aliphatic heterocycles. The topological polar surface area (TPSA) is 70.2 Å². The highest BCUT2D eigenvalue weighted by molar-refractivity contribution is 5.87. The Morgan fingerprint density at radius 3 is 2.78 bits per heavy atom. The Balaban J connectivity index is 2.45. The normalized spacial score (nSPS) is 22.0. The van der Waals surface area contributed by atoms with Crippen molar-refractivity contribution in [2.75, 3.05) is 6.54 Å².